The first-order valence-electron chi connectivity index (χ1n) is 5.83. The average molecular weight is 276 g/mol. The van der Waals surface area contributed by atoms with Crippen molar-refractivity contribution in [1.82, 2.24) is 5.32 Å². The maximum atomic E-state index is 11.1. The van der Waals surface area contributed by atoms with Crippen LogP contribution in [0.4, 0.5) is 0 Å². The first-order valence-corrected chi connectivity index (χ1v) is 7.27. The predicted molar refractivity (Wildman–Crippen MR) is 71.6 cm³/mol. The van der Waals surface area contributed by atoms with E-state index in [-0.39, 0.29) is 5.91 Å². The maximum absolute atomic E-state index is 11.1. The molecule has 0 aromatic rings. The van der Waals surface area contributed by atoms with Crippen LogP contribution in [0.1, 0.15) is 40.0 Å². The number of carbonyl (C=O) groups excluding carboxylic acids is 1. The summed E-state index contributed by atoms with van der Waals surface area (Å²) in [6.07, 6.45) is 3.63. The summed E-state index contributed by atoms with van der Waals surface area (Å²) in [5.74, 6) is -0.169. The monoisotopic (exact) mass is 276 g/mol. The van der Waals surface area contributed by atoms with Crippen LogP contribution in [-0.4, -0.2) is 30.2 Å². The van der Waals surface area contributed by atoms with Crippen molar-refractivity contribution in [2.75, 3.05) is 6.54 Å². The maximum Gasteiger partial charge on any atom is 0.270 e. The fourth-order valence-electron chi connectivity index (χ4n) is 1.18. The van der Waals surface area contributed by atoms with E-state index in [1.807, 2.05) is 0 Å². The molecule has 0 fully saturated rings. The Hall–Kier alpha value is -0.880. The van der Waals surface area contributed by atoms with E-state index >= 15 is 0 Å². The van der Waals surface area contributed by atoms with Gasteiger partial charge in [-0.05, 0) is 40.0 Å². The van der Waals surface area contributed by atoms with E-state index < -0.39 is 14.9 Å². The molecule has 0 aromatic carbocycles. The zero-order valence-electron chi connectivity index (χ0n) is 11.2. The highest BCUT2D eigenvalue weighted by molar-refractivity contribution is 7.87. The van der Waals surface area contributed by atoms with Crippen molar-refractivity contribution >= 4 is 16.0 Å². The van der Waals surface area contributed by atoms with Gasteiger partial charge in [-0.25, -0.2) is 0 Å². The number of nitrogens with one attached hydrogen (secondary N) is 1. The molecule has 0 bridgehead atoms. The van der Waals surface area contributed by atoms with Crippen LogP contribution in [0.25, 0.3) is 0 Å². The Morgan fingerprint density at radius 3 is 2.39 bits per heavy atom. The third kappa shape index (κ3) is 6.16. The van der Waals surface area contributed by atoms with Gasteiger partial charge in [-0.1, -0.05) is 13.0 Å². The first-order chi connectivity index (χ1) is 8.08. The van der Waals surface area contributed by atoms with Gasteiger partial charge in [-0.15, -0.1) is 0 Å². The minimum Gasteiger partial charge on any atom is -0.352 e. The van der Waals surface area contributed by atoms with Crippen molar-refractivity contribution in [2.24, 2.45) is 0 Å². The summed E-state index contributed by atoms with van der Waals surface area (Å²) in [6, 6.07) is 0. The fourth-order valence-corrected chi connectivity index (χ4v) is 1.51. The standard InChI is InChI=1S/C12H22NO4S/c1-10(2)11(14)13-9-7-5-6-8-12(3,4)18(15,16)17/h8H,1,5-7,9H2,2-4H3,(H,13,14)(H,15,16,17). The van der Waals surface area contributed by atoms with E-state index in [0.29, 0.717) is 18.5 Å². The summed E-state index contributed by atoms with van der Waals surface area (Å²) in [4.78, 5) is 11.1. The molecule has 105 valence electrons. The summed E-state index contributed by atoms with van der Waals surface area (Å²) >= 11 is 0. The van der Waals surface area contributed by atoms with Crippen molar-refractivity contribution in [1.29, 1.82) is 0 Å². The summed E-state index contributed by atoms with van der Waals surface area (Å²) in [6.45, 7) is 8.59. The SMILES string of the molecule is C=C(C)C(=O)NCCCC[CH]C(C)(C)S(=O)(=O)O. The van der Waals surface area contributed by atoms with Gasteiger partial charge in [0.15, 0.2) is 0 Å². The van der Waals surface area contributed by atoms with E-state index in [0.717, 1.165) is 12.8 Å². The minimum absolute atomic E-state index is 0.169. The van der Waals surface area contributed by atoms with E-state index in [1.165, 1.54) is 13.8 Å². The molecule has 0 aromatic heterocycles. The van der Waals surface area contributed by atoms with E-state index in [2.05, 4.69) is 11.9 Å². The number of rotatable bonds is 8. The summed E-state index contributed by atoms with van der Waals surface area (Å²) in [5.41, 5.74) is 0.467. The lowest BCUT2D eigenvalue weighted by Gasteiger charge is -2.20. The highest BCUT2D eigenvalue weighted by atomic mass is 32.2. The Balaban J connectivity index is 3.77. The predicted octanol–water partition coefficient (Wildman–Crippen LogP) is 1.72. The number of hydrogen-bond donors (Lipinski definition) is 2. The average Bonchev–Trinajstić information content (AvgIpc) is 2.20. The van der Waals surface area contributed by atoms with Gasteiger partial charge in [0.25, 0.3) is 10.1 Å². The van der Waals surface area contributed by atoms with Gasteiger partial charge in [0.1, 0.15) is 0 Å². The molecule has 0 atom stereocenters. The molecule has 0 unspecified atom stereocenters. The number of carbonyl (C=O) groups is 1. The summed E-state index contributed by atoms with van der Waals surface area (Å²) < 4.78 is 29.7. The Labute approximate surface area is 109 Å². The molecular weight excluding hydrogens is 254 g/mol. The fraction of sp³-hybridized carbons (Fsp3) is 0.667. The van der Waals surface area contributed by atoms with Crippen molar-refractivity contribution in [3.05, 3.63) is 18.6 Å². The van der Waals surface area contributed by atoms with Crippen molar-refractivity contribution in [3.8, 4) is 0 Å². The molecule has 0 saturated heterocycles. The zero-order chi connectivity index (χ0) is 14.4. The molecule has 2 N–H and O–H groups in total. The second-order valence-electron chi connectivity index (χ2n) is 4.81. The Morgan fingerprint density at radius 1 is 1.39 bits per heavy atom. The van der Waals surface area contributed by atoms with Gasteiger partial charge >= 0.3 is 0 Å². The second kappa shape index (κ2) is 6.89. The molecule has 6 heteroatoms. The van der Waals surface area contributed by atoms with Gasteiger partial charge in [0, 0.05) is 12.1 Å². The molecule has 0 rings (SSSR count). The topological polar surface area (TPSA) is 83.5 Å². The van der Waals surface area contributed by atoms with Crippen molar-refractivity contribution in [3.63, 3.8) is 0 Å². The highest BCUT2D eigenvalue weighted by Crippen LogP contribution is 2.21. The Kier molecular flexibility index (Phi) is 6.56. The Morgan fingerprint density at radius 2 is 1.94 bits per heavy atom. The van der Waals surface area contributed by atoms with Crippen LogP contribution >= 0.6 is 0 Å². The zero-order valence-corrected chi connectivity index (χ0v) is 12.0. The normalized spacial score (nSPS) is 12.2. The molecule has 0 aliphatic rings. The third-order valence-electron chi connectivity index (χ3n) is 2.60. The van der Waals surface area contributed by atoms with Gasteiger partial charge in [-0.3, -0.25) is 9.35 Å². The van der Waals surface area contributed by atoms with Gasteiger partial charge < -0.3 is 5.32 Å². The first kappa shape index (κ1) is 17.1. The smallest absolute Gasteiger partial charge is 0.270 e. The number of amides is 1. The molecule has 1 amide bonds. The van der Waals surface area contributed by atoms with Gasteiger partial charge in [0.2, 0.25) is 5.91 Å². The molecule has 0 heterocycles. The Bertz CT molecular complexity index is 398. The second-order valence-corrected chi connectivity index (χ2v) is 6.82. The van der Waals surface area contributed by atoms with E-state index in [4.69, 9.17) is 4.55 Å². The molecular formula is C12H22NO4S. The van der Waals surface area contributed by atoms with Gasteiger partial charge in [0.05, 0.1) is 4.75 Å². The van der Waals surface area contributed by atoms with Crippen LogP contribution < -0.4 is 5.32 Å². The lowest BCUT2D eigenvalue weighted by atomic mass is 10.0. The lowest BCUT2D eigenvalue weighted by molar-refractivity contribution is -0.117. The van der Waals surface area contributed by atoms with Crippen LogP contribution in [0.2, 0.25) is 0 Å². The number of unbranched alkanes of at least 4 members (excludes halogenated alkanes) is 2. The van der Waals surface area contributed by atoms with Crippen LogP contribution in [-0.2, 0) is 14.9 Å². The van der Waals surface area contributed by atoms with Crippen LogP contribution in [0.5, 0.6) is 0 Å². The third-order valence-corrected chi connectivity index (χ3v) is 4.10. The van der Waals surface area contributed by atoms with Crippen LogP contribution in [0.15, 0.2) is 12.2 Å². The summed E-state index contributed by atoms with van der Waals surface area (Å²) in [5, 5.41) is 2.69. The van der Waals surface area contributed by atoms with Crippen LogP contribution in [0.3, 0.4) is 0 Å². The summed E-state index contributed by atoms with van der Waals surface area (Å²) in [7, 11) is -4.06. The largest absolute Gasteiger partial charge is 0.352 e. The lowest BCUT2D eigenvalue weighted by Crippen LogP contribution is -2.31. The van der Waals surface area contributed by atoms with Gasteiger partial charge in [-0.2, -0.15) is 8.42 Å². The van der Waals surface area contributed by atoms with Crippen LogP contribution in [0, 0.1) is 6.42 Å². The van der Waals surface area contributed by atoms with Crippen molar-refractivity contribution < 1.29 is 17.8 Å². The molecule has 1 radical (unpaired) electrons. The number of hydrogen-bond acceptors (Lipinski definition) is 3. The molecule has 0 aliphatic carbocycles. The van der Waals surface area contributed by atoms with E-state index in [1.54, 1.807) is 13.3 Å². The highest BCUT2D eigenvalue weighted by Gasteiger charge is 2.31. The molecule has 0 spiro atoms. The quantitative estimate of drug-likeness (QED) is 0.402. The van der Waals surface area contributed by atoms with E-state index in [9.17, 15) is 13.2 Å². The molecule has 18 heavy (non-hydrogen) atoms. The molecule has 0 saturated carbocycles. The van der Waals surface area contributed by atoms with Crippen molar-refractivity contribution in [2.45, 2.75) is 44.8 Å². The molecule has 5 nitrogen and oxygen atoms in total. The molecule has 0 aliphatic heterocycles. The minimum atomic E-state index is -4.06.